The van der Waals surface area contributed by atoms with Crippen molar-refractivity contribution in [2.24, 2.45) is 5.10 Å². The van der Waals surface area contributed by atoms with Crippen molar-refractivity contribution < 1.29 is 4.79 Å². The Morgan fingerprint density at radius 2 is 1.80 bits per heavy atom. The van der Waals surface area contributed by atoms with Crippen molar-refractivity contribution >= 4 is 39.8 Å². The molecule has 1 N–H and O–H groups in total. The van der Waals surface area contributed by atoms with Crippen LogP contribution in [0.5, 0.6) is 0 Å². The lowest BCUT2D eigenvalue weighted by Crippen LogP contribution is -2.17. The zero-order valence-electron chi connectivity index (χ0n) is 17.7. The molecule has 0 bridgehead atoms. The van der Waals surface area contributed by atoms with Crippen molar-refractivity contribution in [3.05, 3.63) is 81.1 Å². The summed E-state index contributed by atoms with van der Waals surface area (Å²) in [5.41, 5.74) is 9.43. The molecule has 156 valence electrons. The summed E-state index contributed by atoms with van der Waals surface area (Å²) < 4.78 is 3.19. The quantitative estimate of drug-likeness (QED) is 0.250. The minimum atomic E-state index is -0.0891. The van der Waals surface area contributed by atoms with Crippen LogP contribution >= 0.6 is 27.7 Å². The van der Waals surface area contributed by atoms with Gasteiger partial charge in [-0.15, -0.1) is 11.8 Å². The van der Waals surface area contributed by atoms with Gasteiger partial charge in [0.05, 0.1) is 6.21 Å². The molecule has 0 fully saturated rings. The summed E-state index contributed by atoms with van der Waals surface area (Å²) in [5.74, 6) is 0.629. The highest BCUT2D eigenvalue weighted by Gasteiger charge is 2.16. The Morgan fingerprint density at radius 1 is 1.07 bits per heavy atom. The number of hydrogen-bond donors (Lipinski definition) is 1. The highest BCUT2D eigenvalue weighted by molar-refractivity contribution is 9.10. The van der Waals surface area contributed by atoms with Gasteiger partial charge < -0.3 is 4.57 Å². The van der Waals surface area contributed by atoms with E-state index in [1.54, 1.807) is 18.0 Å². The molecule has 6 heteroatoms. The monoisotopic (exact) mass is 483 g/mol. The third-order valence-electron chi connectivity index (χ3n) is 5.09. The highest BCUT2D eigenvalue weighted by atomic mass is 79.9. The number of carbonyl (C=O) groups excluding carboxylic acids is 1. The summed E-state index contributed by atoms with van der Waals surface area (Å²) in [5, 5.41) is 4.19. The molecule has 0 aliphatic rings. The van der Waals surface area contributed by atoms with Gasteiger partial charge in [-0.05, 0) is 79.0 Å². The van der Waals surface area contributed by atoms with Crippen LogP contribution in [0, 0.1) is 27.7 Å². The van der Waals surface area contributed by atoms with Gasteiger partial charge in [0.2, 0.25) is 5.91 Å². The number of hydrazone groups is 1. The molecule has 4 nitrogen and oxygen atoms in total. The third-order valence-corrected chi connectivity index (χ3v) is 7.10. The lowest BCUT2D eigenvalue weighted by atomic mass is 10.1. The fourth-order valence-electron chi connectivity index (χ4n) is 3.23. The summed E-state index contributed by atoms with van der Waals surface area (Å²) in [6.07, 6.45) is 2.13. The number of amides is 1. The molecule has 1 aromatic heterocycles. The average Bonchev–Trinajstić information content (AvgIpc) is 2.94. The minimum absolute atomic E-state index is 0.0891. The molecule has 0 spiro atoms. The van der Waals surface area contributed by atoms with Gasteiger partial charge in [0, 0.05) is 44.2 Å². The Bertz CT molecular complexity index is 1070. The number of benzene rings is 2. The standard InChI is InChI=1S/C24H26BrN3OS/c1-16-10-11-20(14-17(16)2)28-18(3)22(24(25)19(28)4)15-26-27-23(29)12-13-30-21-8-6-5-7-9-21/h5-11,14-15H,12-13H2,1-4H3,(H,27,29)/b26-15-. The molecule has 1 heterocycles. The van der Waals surface area contributed by atoms with Crippen molar-refractivity contribution in [3.8, 4) is 5.69 Å². The van der Waals surface area contributed by atoms with Gasteiger partial charge in [-0.2, -0.15) is 5.10 Å². The van der Waals surface area contributed by atoms with Gasteiger partial charge in [0.1, 0.15) is 0 Å². The number of hydrogen-bond acceptors (Lipinski definition) is 3. The average molecular weight is 484 g/mol. The first-order chi connectivity index (χ1) is 14.4. The molecule has 0 aliphatic carbocycles. The fraction of sp³-hybridized carbons (Fsp3) is 0.250. The normalized spacial score (nSPS) is 11.2. The Labute approximate surface area is 190 Å². The summed E-state index contributed by atoms with van der Waals surface area (Å²) in [6, 6.07) is 16.5. The van der Waals surface area contributed by atoms with E-state index >= 15 is 0 Å². The van der Waals surface area contributed by atoms with Crippen molar-refractivity contribution in [2.75, 3.05) is 5.75 Å². The Balaban J connectivity index is 1.65. The third kappa shape index (κ3) is 5.24. The molecule has 30 heavy (non-hydrogen) atoms. The second kappa shape index (κ2) is 10.1. The number of thioether (sulfide) groups is 1. The van der Waals surface area contributed by atoms with E-state index in [0.717, 1.165) is 37.8 Å². The van der Waals surface area contributed by atoms with Crippen LogP contribution in [0.2, 0.25) is 0 Å². The Kier molecular flexibility index (Phi) is 7.56. The zero-order chi connectivity index (χ0) is 21.7. The van der Waals surface area contributed by atoms with Crippen LogP contribution in [0.1, 0.15) is 34.5 Å². The van der Waals surface area contributed by atoms with Crippen molar-refractivity contribution in [1.82, 2.24) is 9.99 Å². The Hall–Kier alpha value is -2.31. The van der Waals surface area contributed by atoms with Gasteiger partial charge in [-0.1, -0.05) is 24.3 Å². The van der Waals surface area contributed by atoms with Gasteiger partial charge in [0.25, 0.3) is 0 Å². The molecule has 3 rings (SSSR count). The van der Waals surface area contributed by atoms with Gasteiger partial charge in [0.15, 0.2) is 0 Å². The van der Waals surface area contributed by atoms with Crippen molar-refractivity contribution in [2.45, 2.75) is 39.0 Å². The number of aromatic nitrogens is 1. The van der Waals surface area contributed by atoms with Gasteiger partial charge >= 0.3 is 0 Å². The largest absolute Gasteiger partial charge is 0.317 e. The first-order valence-corrected chi connectivity index (χ1v) is 11.6. The number of nitrogens with one attached hydrogen (secondary N) is 1. The lowest BCUT2D eigenvalue weighted by Gasteiger charge is -2.11. The van der Waals surface area contributed by atoms with Crippen LogP contribution in [-0.2, 0) is 4.79 Å². The maximum atomic E-state index is 12.1. The number of nitrogens with zero attached hydrogens (tertiary/aromatic N) is 2. The maximum absolute atomic E-state index is 12.1. The summed E-state index contributed by atoms with van der Waals surface area (Å²) >= 11 is 5.35. The topological polar surface area (TPSA) is 46.4 Å². The number of rotatable bonds is 7. The molecule has 2 aromatic carbocycles. The van der Waals surface area contributed by atoms with Crippen LogP contribution in [0.4, 0.5) is 0 Å². The minimum Gasteiger partial charge on any atom is -0.317 e. The first kappa shape index (κ1) is 22.4. The van der Waals surface area contributed by atoms with Crippen LogP contribution in [0.15, 0.2) is 63.0 Å². The molecular formula is C24H26BrN3OS. The predicted octanol–water partition coefficient (Wildman–Crippen LogP) is 6.11. The molecule has 0 radical (unpaired) electrons. The van der Waals surface area contributed by atoms with E-state index in [1.165, 1.54) is 11.1 Å². The highest BCUT2D eigenvalue weighted by Crippen LogP contribution is 2.30. The fourth-order valence-corrected chi connectivity index (χ4v) is 4.67. The number of halogens is 1. The molecule has 0 saturated heterocycles. The number of aryl methyl sites for hydroxylation is 2. The van der Waals surface area contributed by atoms with E-state index in [9.17, 15) is 4.79 Å². The molecule has 1 amide bonds. The van der Waals surface area contributed by atoms with E-state index in [0.29, 0.717) is 6.42 Å². The summed E-state index contributed by atoms with van der Waals surface area (Å²) in [7, 11) is 0. The first-order valence-electron chi connectivity index (χ1n) is 9.83. The van der Waals surface area contributed by atoms with Crippen LogP contribution in [-0.4, -0.2) is 22.4 Å². The lowest BCUT2D eigenvalue weighted by molar-refractivity contribution is -0.120. The van der Waals surface area contributed by atoms with E-state index in [-0.39, 0.29) is 5.91 Å². The zero-order valence-corrected chi connectivity index (χ0v) is 20.1. The van der Waals surface area contributed by atoms with Crippen LogP contribution < -0.4 is 5.43 Å². The maximum Gasteiger partial charge on any atom is 0.240 e. The predicted molar refractivity (Wildman–Crippen MR) is 130 cm³/mol. The van der Waals surface area contributed by atoms with Crippen molar-refractivity contribution in [3.63, 3.8) is 0 Å². The molecule has 0 unspecified atom stereocenters. The van der Waals surface area contributed by atoms with Crippen LogP contribution in [0.25, 0.3) is 5.69 Å². The number of carbonyl (C=O) groups is 1. The van der Waals surface area contributed by atoms with E-state index in [2.05, 4.69) is 76.9 Å². The van der Waals surface area contributed by atoms with Gasteiger partial charge in [-0.3, -0.25) is 4.79 Å². The smallest absolute Gasteiger partial charge is 0.240 e. The van der Waals surface area contributed by atoms with E-state index in [1.807, 2.05) is 30.3 Å². The van der Waals surface area contributed by atoms with E-state index in [4.69, 9.17) is 0 Å². The van der Waals surface area contributed by atoms with Crippen molar-refractivity contribution in [1.29, 1.82) is 0 Å². The molecule has 0 saturated carbocycles. The second-order valence-electron chi connectivity index (χ2n) is 7.21. The summed E-state index contributed by atoms with van der Waals surface area (Å²) in [6.45, 7) is 8.37. The summed E-state index contributed by atoms with van der Waals surface area (Å²) in [4.78, 5) is 13.3. The van der Waals surface area contributed by atoms with E-state index < -0.39 is 0 Å². The molecular weight excluding hydrogens is 458 g/mol. The second-order valence-corrected chi connectivity index (χ2v) is 9.17. The molecule has 3 aromatic rings. The SMILES string of the molecule is Cc1ccc(-n2c(C)c(Br)c(/C=N\NC(=O)CCSc3ccccc3)c2C)cc1C. The van der Waals surface area contributed by atoms with Gasteiger partial charge in [-0.25, -0.2) is 5.43 Å². The Morgan fingerprint density at radius 3 is 2.50 bits per heavy atom. The molecule has 0 aliphatic heterocycles. The van der Waals surface area contributed by atoms with Crippen LogP contribution in [0.3, 0.4) is 0 Å². The molecule has 0 atom stereocenters.